The first-order valence-electron chi connectivity index (χ1n) is 8.81. The molecular weight excluding hydrogens is 309 g/mol. The molecule has 0 unspecified atom stereocenters. The number of hydrogen-bond donors (Lipinski definition) is 1. The molecule has 1 amide bonds. The van der Waals surface area contributed by atoms with Gasteiger partial charge >= 0.3 is 0 Å². The molecule has 6 heteroatoms. The number of carbonyl (C=O) groups excluding carboxylic acids is 1. The number of benzene rings is 1. The van der Waals surface area contributed by atoms with Crippen molar-refractivity contribution >= 4 is 11.6 Å². The molecule has 2 aliphatic heterocycles. The highest BCUT2D eigenvalue weighted by Crippen LogP contribution is 2.25. The molecule has 0 bridgehead atoms. The van der Waals surface area contributed by atoms with Crippen LogP contribution in [0.2, 0.25) is 0 Å². The smallest absolute Gasteiger partial charge is 0.223 e. The normalized spacial score (nSPS) is 20.1. The lowest BCUT2D eigenvalue weighted by molar-refractivity contribution is -0.125. The van der Waals surface area contributed by atoms with Crippen molar-refractivity contribution in [1.82, 2.24) is 10.2 Å². The summed E-state index contributed by atoms with van der Waals surface area (Å²) in [7, 11) is 0. The first-order chi connectivity index (χ1) is 11.7. The van der Waals surface area contributed by atoms with E-state index >= 15 is 0 Å². The van der Waals surface area contributed by atoms with Gasteiger partial charge in [0.15, 0.2) is 0 Å². The van der Waals surface area contributed by atoms with Gasteiger partial charge in [-0.25, -0.2) is 4.39 Å². The van der Waals surface area contributed by atoms with E-state index in [4.69, 9.17) is 4.74 Å². The highest BCUT2D eigenvalue weighted by atomic mass is 19.1. The van der Waals surface area contributed by atoms with Gasteiger partial charge in [-0.1, -0.05) is 12.1 Å². The zero-order chi connectivity index (χ0) is 16.8. The van der Waals surface area contributed by atoms with Crippen LogP contribution >= 0.6 is 0 Å². The number of nitrogens with zero attached hydrogens (tertiary/aromatic N) is 2. The molecule has 2 saturated heterocycles. The number of morpholine rings is 1. The summed E-state index contributed by atoms with van der Waals surface area (Å²) in [5, 5.41) is 3.05. The number of ether oxygens (including phenoxy) is 1. The molecule has 3 rings (SSSR count). The van der Waals surface area contributed by atoms with Crippen LogP contribution in [0.4, 0.5) is 10.1 Å². The van der Waals surface area contributed by atoms with E-state index in [1.54, 1.807) is 12.1 Å². The van der Waals surface area contributed by atoms with Crippen LogP contribution < -0.4 is 10.2 Å². The van der Waals surface area contributed by atoms with Gasteiger partial charge in [0.25, 0.3) is 0 Å². The third-order valence-corrected chi connectivity index (χ3v) is 4.89. The molecule has 2 fully saturated rings. The lowest BCUT2D eigenvalue weighted by Crippen LogP contribution is -2.44. The number of piperidine rings is 1. The summed E-state index contributed by atoms with van der Waals surface area (Å²) in [5.41, 5.74) is 0.642. The fourth-order valence-corrected chi connectivity index (χ4v) is 3.40. The molecular formula is C18H26FN3O2. The zero-order valence-corrected chi connectivity index (χ0v) is 14.0. The molecule has 0 atom stereocenters. The van der Waals surface area contributed by atoms with Gasteiger partial charge in [-0.3, -0.25) is 9.69 Å². The Hall–Kier alpha value is -1.66. The van der Waals surface area contributed by atoms with Crippen molar-refractivity contribution in [2.45, 2.75) is 12.8 Å². The molecule has 24 heavy (non-hydrogen) atoms. The van der Waals surface area contributed by atoms with Gasteiger partial charge in [0.1, 0.15) is 5.82 Å². The Morgan fingerprint density at radius 1 is 1.17 bits per heavy atom. The zero-order valence-electron chi connectivity index (χ0n) is 14.0. The van der Waals surface area contributed by atoms with Crippen LogP contribution in [0.25, 0.3) is 0 Å². The first kappa shape index (κ1) is 17.2. The second-order valence-corrected chi connectivity index (χ2v) is 6.46. The number of rotatable bonds is 5. The Morgan fingerprint density at radius 2 is 1.88 bits per heavy atom. The maximum absolute atomic E-state index is 13.8. The molecule has 1 aromatic rings. The summed E-state index contributed by atoms with van der Waals surface area (Å²) >= 11 is 0. The summed E-state index contributed by atoms with van der Waals surface area (Å²) in [6.45, 7) is 6.46. The number of nitrogens with one attached hydrogen (secondary N) is 1. The van der Waals surface area contributed by atoms with E-state index in [1.807, 2.05) is 11.0 Å². The van der Waals surface area contributed by atoms with Crippen molar-refractivity contribution in [1.29, 1.82) is 0 Å². The number of halogens is 1. The maximum atomic E-state index is 13.8. The largest absolute Gasteiger partial charge is 0.379 e. The van der Waals surface area contributed by atoms with Gasteiger partial charge in [0.05, 0.1) is 18.9 Å². The van der Waals surface area contributed by atoms with Crippen LogP contribution in [0, 0.1) is 11.7 Å². The molecule has 2 heterocycles. The van der Waals surface area contributed by atoms with Crippen LogP contribution in [0.15, 0.2) is 24.3 Å². The number of para-hydroxylation sites is 1. The Morgan fingerprint density at radius 3 is 2.58 bits per heavy atom. The van der Waals surface area contributed by atoms with Gasteiger partial charge in [-0.05, 0) is 25.0 Å². The van der Waals surface area contributed by atoms with Crippen LogP contribution in [-0.4, -0.2) is 63.3 Å². The highest BCUT2D eigenvalue weighted by Gasteiger charge is 2.26. The highest BCUT2D eigenvalue weighted by molar-refractivity contribution is 5.79. The van der Waals surface area contributed by atoms with Crippen molar-refractivity contribution in [3.05, 3.63) is 30.1 Å². The average molecular weight is 335 g/mol. The lowest BCUT2D eigenvalue weighted by atomic mass is 9.95. The van der Waals surface area contributed by atoms with Gasteiger partial charge < -0.3 is 15.0 Å². The Kier molecular flexibility index (Phi) is 6.04. The summed E-state index contributed by atoms with van der Waals surface area (Å²) in [6, 6.07) is 6.84. The van der Waals surface area contributed by atoms with E-state index in [-0.39, 0.29) is 17.6 Å². The Bertz CT molecular complexity index is 541. The van der Waals surface area contributed by atoms with Crippen LogP contribution in [0.3, 0.4) is 0 Å². The van der Waals surface area contributed by atoms with Crippen molar-refractivity contribution < 1.29 is 13.9 Å². The summed E-state index contributed by atoms with van der Waals surface area (Å²) in [4.78, 5) is 16.6. The minimum atomic E-state index is -0.189. The van der Waals surface area contributed by atoms with E-state index in [2.05, 4.69) is 10.2 Å². The van der Waals surface area contributed by atoms with E-state index in [0.29, 0.717) is 12.2 Å². The molecule has 0 aliphatic carbocycles. The Balaban J connectivity index is 1.39. The Labute approximate surface area is 142 Å². The van der Waals surface area contributed by atoms with Gasteiger partial charge in [-0.2, -0.15) is 0 Å². The minimum absolute atomic E-state index is 0.0395. The second kappa shape index (κ2) is 8.44. The predicted octanol–water partition coefficient (Wildman–Crippen LogP) is 1.49. The van der Waals surface area contributed by atoms with Crippen molar-refractivity contribution in [2.75, 3.05) is 57.4 Å². The van der Waals surface area contributed by atoms with E-state index < -0.39 is 0 Å². The van der Waals surface area contributed by atoms with E-state index in [9.17, 15) is 9.18 Å². The first-order valence-corrected chi connectivity index (χ1v) is 8.81. The lowest BCUT2D eigenvalue weighted by Gasteiger charge is -2.33. The van der Waals surface area contributed by atoms with Gasteiger partial charge in [-0.15, -0.1) is 0 Å². The molecule has 0 spiro atoms. The molecule has 0 radical (unpaired) electrons. The summed E-state index contributed by atoms with van der Waals surface area (Å²) in [6.07, 6.45) is 1.55. The predicted molar refractivity (Wildman–Crippen MR) is 91.6 cm³/mol. The third kappa shape index (κ3) is 4.45. The molecule has 132 valence electrons. The van der Waals surface area contributed by atoms with Crippen LogP contribution in [0.1, 0.15) is 12.8 Å². The van der Waals surface area contributed by atoms with Crippen molar-refractivity contribution in [2.24, 2.45) is 5.92 Å². The fourth-order valence-electron chi connectivity index (χ4n) is 3.40. The quantitative estimate of drug-likeness (QED) is 0.886. The van der Waals surface area contributed by atoms with E-state index in [0.717, 1.165) is 58.8 Å². The third-order valence-electron chi connectivity index (χ3n) is 4.89. The maximum Gasteiger partial charge on any atom is 0.223 e. The molecule has 2 aliphatic rings. The van der Waals surface area contributed by atoms with Crippen LogP contribution in [0.5, 0.6) is 0 Å². The molecule has 5 nitrogen and oxygen atoms in total. The second-order valence-electron chi connectivity index (χ2n) is 6.46. The van der Waals surface area contributed by atoms with Crippen molar-refractivity contribution in [3.8, 4) is 0 Å². The van der Waals surface area contributed by atoms with E-state index in [1.165, 1.54) is 6.07 Å². The summed E-state index contributed by atoms with van der Waals surface area (Å²) < 4.78 is 19.2. The minimum Gasteiger partial charge on any atom is -0.379 e. The molecule has 1 N–H and O–H groups in total. The summed E-state index contributed by atoms with van der Waals surface area (Å²) in [5.74, 6) is -0.0138. The average Bonchev–Trinajstić information content (AvgIpc) is 2.63. The number of anilines is 1. The number of amides is 1. The number of carbonyl (C=O) groups is 1. The molecule has 1 aromatic carbocycles. The van der Waals surface area contributed by atoms with Crippen LogP contribution in [-0.2, 0) is 9.53 Å². The van der Waals surface area contributed by atoms with Gasteiger partial charge in [0.2, 0.25) is 5.91 Å². The fraction of sp³-hybridized carbons (Fsp3) is 0.611. The monoisotopic (exact) mass is 335 g/mol. The molecule has 0 saturated carbocycles. The SMILES string of the molecule is O=C(NCCN1CCOCC1)C1CCN(c2ccccc2F)CC1. The van der Waals surface area contributed by atoms with Gasteiger partial charge in [0, 0.05) is 45.2 Å². The topological polar surface area (TPSA) is 44.8 Å². The standard InChI is InChI=1S/C18H26FN3O2/c19-16-3-1-2-4-17(16)22-8-5-15(6-9-22)18(23)20-7-10-21-11-13-24-14-12-21/h1-4,15H,5-14H2,(H,20,23). The van der Waals surface area contributed by atoms with Crippen molar-refractivity contribution in [3.63, 3.8) is 0 Å². The number of hydrogen-bond acceptors (Lipinski definition) is 4. The molecule has 0 aromatic heterocycles.